The zero-order valence-corrected chi connectivity index (χ0v) is 17.7. The number of aromatic nitrogens is 2. The predicted octanol–water partition coefficient (Wildman–Crippen LogP) is 4.23. The van der Waals surface area contributed by atoms with Crippen molar-refractivity contribution in [1.29, 1.82) is 0 Å². The standard InChI is InChI=1S/C22H23N3O4S/c1-27-18-7-5-15(12-19(18)28-2)6-8-20(26)25-10-3-4-16(13-25)21-23-24-22(29-21)17-9-11-30-14-17/h5-9,11-12,14,16H,3-4,10,13H2,1-2H3/b8-6+. The molecule has 8 heteroatoms. The van der Waals surface area contributed by atoms with Gasteiger partial charge in [-0.1, -0.05) is 6.07 Å². The molecule has 1 unspecified atom stereocenters. The molecule has 1 saturated heterocycles. The van der Waals surface area contributed by atoms with Gasteiger partial charge < -0.3 is 18.8 Å². The maximum atomic E-state index is 12.7. The highest BCUT2D eigenvalue weighted by Gasteiger charge is 2.27. The third kappa shape index (κ3) is 4.38. The van der Waals surface area contributed by atoms with Gasteiger partial charge in [0, 0.05) is 30.1 Å². The van der Waals surface area contributed by atoms with Crippen LogP contribution in [-0.2, 0) is 4.79 Å². The molecule has 0 N–H and O–H groups in total. The molecule has 4 rings (SSSR count). The van der Waals surface area contributed by atoms with Crippen molar-refractivity contribution in [3.63, 3.8) is 0 Å². The fourth-order valence-corrected chi connectivity index (χ4v) is 4.14. The van der Waals surface area contributed by atoms with E-state index in [0.29, 0.717) is 29.8 Å². The molecule has 1 aliphatic heterocycles. The van der Waals surface area contributed by atoms with E-state index < -0.39 is 0 Å². The Morgan fingerprint density at radius 1 is 1.23 bits per heavy atom. The van der Waals surface area contributed by atoms with Crippen LogP contribution in [-0.4, -0.2) is 48.3 Å². The van der Waals surface area contributed by atoms with Gasteiger partial charge in [-0.3, -0.25) is 4.79 Å². The summed E-state index contributed by atoms with van der Waals surface area (Å²) in [6.45, 7) is 1.29. The first-order chi connectivity index (χ1) is 14.7. The Hall–Kier alpha value is -3.13. The Bertz CT molecular complexity index is 1030. The second-order valence-electron chi connectivity index (χ2n) is 7.03. The molecule has 3 heterocycles. The molecule has 0 spiro atoms. The number of benzene rings is 1. The predicted molar refractivity (Wildman–Crippen MR) is 115 cm³/mol. The Labute approximate surface area is 178 Å². The van der Waals surface area contributed by atoms with E-state index in [1.54, 1.807) is 37.7 Å². The van der Waals surface area contributed by atoms with Gasteiger partial charge in [0.25, 0.3) is 0 Å². The molecular weight excluding hydrogens is 402 g/mol. The van der Waals surface area contributed by atoms with Crippen LogP contribution in [0.3, 0.4) is 0 Å². The van der Waals surface area contributed by atoms with E-state index in [1.807, 2.05) is 39.9 Å². The summed E-state index contributed by atoms with van der Waals surface area (Å²) in [4.78, 5) is 14.6. The summed E-state index contributed by atoms with van der Waals surface area (Å²) in [6.07, 6.45) is 5.20. The van der Waals surface area contributed by atoms with E-state index in [1.165, 1.54) is 0 Å². The van der Waals surface area contributed by atoms with Crippen LogP contribution in [0, 0.1) is 0 Å². The molecule has 1 fully saturated rings. The minimum absolute atomic E-state index is 0.0351. The maximum Gasteiger partial charge on any atom is 0.248 e. The van der Waals surface area contributed by atoms with Gasteiger partial charge in [0.05, 0.1) is 20.1 Å². The number of piperidine rings is 1. The van der Waals surface area contributed by atoms with Gasteiger partial charge in [-0.15, -0.1) is 10.2 Å². The lowest BCUT2D eigenvalue weighted by molar-refractivity contribution is -0.127. The highest BCUT2D eigenvalue weighted by molar-refractivity contribution is 7.08. The quantitative estimate of drug-likeness (QED) is 0.550. The molecule has 0 aliphatic carbocycles. The molecule has 1 aromatic carbocycles. The number of thiophene rings is 1. The number of rotatable bonds is 6. The largest absolute Gasteiger partial charge is 0.493 e. The van der Waals surface area contributed by atoms with Crippen molar-refractivity contribution < 1.29 is 18.7 Å². The van der Waals surface area contributed by atoms with Crippen LogP contribution in [0.25, 0.3) is 17.5 Å². The zero-order chi connectivity index (χ0) is 20.9. The highest BCUT2D eigenvalue weighted by Crippen LogP contribution is 2.30. The lowest BCUT2D eigenvalue weighted by Crippen LogP contribution is -2.38. The number of carbonyl (C=O) groups excluding carboxylic acids is 1. The molecule has 30 heavy (non-hydrogen) atoms. The fraction of sp³-hybridized carbons (Fsp3) is 0.318. The van der Waals surface area contributed by atoms with Crippen molar-refractivity contribution in [2.24, 2.45) is 0 Å². The van der Waals surface area contributed by atoms with Crippen molar-refractivity contribution in [1.82, 2.24) is 15.1 Å². The molecule has 1 aliphatic rings. The van der Waals surface area contributed by atoms with Crippen LogP contribution >= 0.6 is 11.3 Å². The molecule has 3 aromatic rings. The number of methoxy groups -OCH3 is 2. The summed E-state index contributed by atoms with van der Waals surface area (Å²) in [5.41, 5.74) is 1.80. The van der Waals surface area contributed by atoms with Gasteiger partial charge in [0.2, 0.25) is 17.7 Å². The summed E-state index contributed by atoms with van der Waals surface area (Å²) in [5.74, 6) is 2.42. The normalized spacial score (nSPS) is 16.7. The van der Waals surface area contributed by atoms with Crippen LogP contribution in [0.4, 0.5) is 0 Å². The van der Waals surface area contributed by atoms with E-state index in [4.69, 9.17) is 13.9 Å². The molecule has 0 saturated carbocycles. The van der Waals surface area contributed by atoms with Gasteiger partial charge in [0.15, 0.2) is 11.5 Å². The fourth-order valence-electron chi connectivity index (χ4n) is 3.51. The first-order valence-corrected chi connectivity index (χ1v) is 10.7. The number of nitrogens with zero attached hydrogens (tertiary/aromatic N) is 3. The third-order valence-electron chi connectivity index (χ3n) is 5.12. The van der Waals surface area contributed by atoms with Crippen LogP contribution < -0.4 is 9.47 Å². The molecule has 1 amide bonds. The Morgan fingerprint density at radius 3 is 2.87 bits per heavy atom. The van der Waals surface area contributed by atoms with Crippen LogP contribution in [0.1, 0.15) is 30.2 Å². The van der Waals surface area contributed by atoms with E-state index in [9.17, 15) is 4.79 Å². The molecule has 1 atom stereocenters. The van der Waals surface area contributed by atoms with Gasteiger partial charge in [0.1, 0.15) is 0 Å². The summed E-state index contributed by atoms with van der Waals surface area (Å²) in [6, 6.07) is 7.50. The van der Waals surface area contributed by atoms with Gasteiger partial charge in [-0.25, -0.2) is 0 Å². The summed E-state index contributed by atoms with van der Waals surface area (Å²) in [7, 11) is 3.18. The second kappa shape index (κ2) is 9.13. The smallest absolute Gasteiger partial charge is 0.248 e. The van der Waals surface area contributed by atoms with Crippen LogP contribution in [0.15, 0.2) is 45.5 Å². The Morgan fingerprint density at radius 2 is 2.10 bits per heavy atom. The number of ether oxygens (including phenoxy) is 2. The monoisotopic (exact) mass is 425 g/mol. The molecular formula is C22H23N3O4S. The van der Waals surface area contributed by atoms with Crippen molar-refractivity contribution in [2.75, 3.05) is 27.3 Å². The number of carbonyl (C=O) groups is 1. The summed E-state index contributed by atoms with van der Waals surface area (Å²) < 4.78 is 16.4. The lowest BCUT2D eigenvalue weighted by Gasteiger charge is -2.30. The third-order valence-corrected chi connectivity index (χ3v) is 5.80. The molecule has 0 bridgehead atoms. The summed E-state index contributed by atoms with van der Waals surface area (Å²) >= 11 is 1.59. The lowest BCUT2D eigenvalue weighted by atomic mass is 9.98. The second-order valence-corrected chi connectivity index (χ2v) is 7.81. The minimum Gasteiger partial charge on any atom is -0.493 e. The topological polar surface area (TPSA) is 77.7 Å². The van der Waals surface area contributed by atoms with Gasteiger partial charge >= 0.3 is 0 Å². The number of hydrogen-bond donors (Lipinski definition) is 0. The average molecular weight is 426 g/mol. The first-order valence-electron chi connectivity index (χ1n) is 9.73. The van der Waals surface area contributed by atoms with Gasteiger partial charge in [-0.2, -0.15) is 11.3 Å². The van der Waals surface area contributed by atoms with Crippen LogP contribution in [0.2, 0.25) is 0 Å². The van der Waals surface area contributed by atoms with Crippen molar-refractivity contribution in [3.8, 4) is 23.0 Å². The number of likely N-dealkylation sites (tertiary alicyclic amines) is 1. The van der Waals surface area contributed by atoms with E-state index in [-0.39, 0.29) is 11.8 Å². The van der Waals surface area contributed by atoms with E-state index in [0.717, 1.165) is 30.5 Å². The average Bonchev–Trinajstić information content (AvgIpc) is 3.49. The molecule has 156 valence electrons. The van der Waals surface area contributed by atoms with Crippen LogP contribution in [0.5, 0.6) is 11.5 Å². The first kappa shape index (κ1) is 20.2. The van der Waals surface area contributed by atoms with Crippen molar-refractivity contribution in [3.05, 3.63) is 52.6 Å². The SMILES string of the molecule is COc1ccc(/C=C/C(=O)N2CCCC(c3nnc(-c4ccsc4)o3)C2)cc1OC. The van der Waals surface area contributed by atoms with Gasteiger partial charge in [-0.05, 0) is 48.1 Å². The molecule has 0 radical (unpaired) electrons. The zero-order valence-electron chi connectivity index (χ0n) is 16.9. The minimum atomic E-state index is -0.0351. The Kier molecular flexibility index (Phi) is 6.13. The number of amides is 1. The molecule has 2 aromatic heterocycles. The summed E-state index contributed by atoms with van der Waals surface area (Å²) in [5, 5.41) is 12.3. The Balaban J connectivity index is 1.42. The number of hydrogen-bond acceptors (Lipinski definition) is 7. The van der Waals surface area contributed by atoms with Crippen molar-refractivity contribution >= 4 is 23.3 Å². The maximum absolute atomic E-state index is 12.7. The van der Waals surface area contributed by atoms with Crippen molar-refractivity contribution in [2.45, 2.75) is 18.8 Å². The highest BCUT2D eigenvalue weighted by atomic mass is 32.1. The van der Waals surface area contributed by atoms with E-state index >= 15 is 0 Å². The molecule has 7 nitrogen and oxygen atoms in total. The van der Waals surface area contributed by atoms with E-state index in [2.05, 4.69) is 10.2 Å².